The summed E-state index contributed by atoms with van der Waals surface area (Å²) in [5, 5.41) is 0. The molecule has 0 N–H and O–H groups in total. The van der Waals surface area contributed by atoms with Crippen molar-refractivity contribution < 1.29 is 13.2 Å². The zero-order valence-corrected chi connectivity index (χ0v) is 13.1. The summed E-state index contributed by atoms with van der Waals surface area (Å²) in [5.74, 6) is 0.948. The third-order valence-corrected chi connectivity index (χ3v) is 6.50. The van der Waals surface area contributed by atoms with Crippen LogP contribution in [0.1, 0.15) is 19.3 Å². The SMILES string of the molecule is COc1ccc(Br)cc1S(=O)(=O)N1CC2CCC1C2. The van der Waals surface area contributed by atoms with Gasteiger partial charge in [0.1, 0.15) is 10.6 Å². The predicted octanol–water partition coefficient (Wildman–Crippen LogP) is 2.63. The maximum Gasteiger partial charge on any atom is 0.247 e. The van der Waals surface area contributed by atoms with Gasteiger partial charge in [0.15, 0.2) is 0 Å². The third-order valence-electron chi connectivity index (χ3n) is 4.07. The largest absolute Gasteiger partial charge is 0.495 e. The maximum atomic E-state index is 12.8. The smallest absolute Gasteiger partial charge is 0.247 e. The van der Waals surface area contributed by atoms with Gasteiger partial charge in [-0.2, -0.15) is 4.31 Å². The molecule has 0 aromatic heterocycles. The average molecular weight is 346 g/mol. The summed E-state index contributed by atoms with van der Waals surface area (Å²) in [6.45, 7) is 0.655. The van der Waals surface area contributed by atoms with Crippen LogP contribution in [-0.2, 0) is 10.0 Å². The van der Waals surface area contributed by atoms with Gasteiger partial charge in [-0.1, -0.05) is 15.9 Å². The molecule has 1 saturated heterocycles. The van der Waals surface area contributed by atoms with Gasteiger partial charge in [-0.25, -0.2) is 8.42 Å². The maximum absolute atomic E-state index is 12.8. The lowest BCUT2D eigenvalue weighted by atomic mass is 10.1. The number of piperidine rings is 1. The summed E-state index contributed by atoms with van der Waals surface area (Å²) in [5.41, 5.74) is 0. The van der Waals surface area contributed by atoms with E-state index < -0.39 is 10.0 Å². The number of hydrogen-bond donors (Lipinski definition) is 0. The van der Waals surface area contributed by atoms with Crippen LogP contribution in [0, 0.1) is 5.92 Å². The van der Waals surface area contributed by atoms with Crippen molar-refractivity contribution in [3.05, 3.63) is 22.7 Å². The first-order chi connectivity index (χ1) is 9.02. The van der Waals surface area contributed by atoms with Crippen molar-refractivity contribution in [1.82, 2.24) is 4.31 Å². The fraction of sp³-hybridized carbons (Fsp3) is 0.538. The minimum absolute atomic E-state index is 0.179. The number of nitrogens with zero attached hydrogens (tertiary/aromatic N) is 1. The molecule has 1 aliphatic carbocycles. The van der Waals surface area contributed by atoms with E-state index in [0.717, 1.165) is 23.7 Å². The lowest BCUT2D eigenvalue weighted by Crippen LogP contribution is -2.37. The van der Waals surface area contributed by atoms with E-state index in [1.807, 2.05) is 0 Å². The Bertz CT molecular complexity index is 602. The third kappa shape index (κ3) is 2.19. The molecule has 2 unspecified atom stereocenters. The molecule has 0 spiro atoms. The van der Waals surface area contributed by atoms with Crippen LogP contribution in [-0.4, -0.2) is 32.4 Å². The molecule has 1 saturated carbocycles. The number of halogens is 1. The first kappa shape index (κ1) is 13.4. The van der Waals surface area contributed by atoms with Gasteiger partial charge in [0.05, 0.1) is 7.11 Å². The van der Waals surface area contributed by atoms with E-state index in [1.165, 1.54) is 7.11 Å². The van der Waals surface area contributed by atoms with Gasteiger partial charge in [-0.05, 0) is 43.4 Å². The summed E-state index contributed by atoms with van der Waals surface area (Å²) in [6.07, 6.45) is 3.15. The number of ether oxygens (including phenoxy) is 1. The second kappa shape index (κ2) is 4.75. The average Bonchev–Trinajstić information content (AvgIpc) is 3.01. The number of hydrogen-bond acceptors (Lipinski definition) is 3. The number of sulfonamides is 1. The summed E-state index contributed by atoms with van der Waals surface area (Å²) in [6, 6.07) is 5.28. The van der Waals surface area contributed by atoms with E-state index in [-0.39, 0.29) is 10.9 Å². The molecule has 1 aromatic carbocycles. The van der Waals surface area contributed by atoms with Crippen molar-refractivity contribution in [2.75, 3.05) is 13.7 Å². The van der Waals surface area contributed by atoms with Crippen LogP contribution in [0.4, 0.5) is 0 Å². The highest BCUT2D eigenvalue weighted by atomic mass is 79.9. The van der Waals surface area contributed by atoms with Crippen molar-refractivity contribution in [2.24, 2.45) is 5.92 Å². The Hall–Kier alpha value is -0.590. The van der Waals surface area contributed by atoms with Crippen LogP contribution in [0.25, 0.3) is 0 Å². The molecular formula is C13H16BrNO3S. The van der Waals surface area contributed by atoms with Gasteiger partial charge in [0, 0.05) is 17.1 Å². The van der Waals surface area contributed by atoms with Gasteiger partial charge in [-0.15, -0.1) is 0 Å². The molecule has 2 bridgehead atoms. The zero-order chi connectivity index (χ0) is 13.6. The molecule has 4 nitrogen and oxygen atoms in total. The van der Waals surface area contributed by atoms with Gasteiger partial charge in [0.25, 0.3) is 0 Å². The molecule has 104 valence electrons. The lowest BCUT2D eigenvalue weighted by Gasteiger charge is -2.26. The molecule has 2 atom stereocenters. The van der Waals surface area contributed by atoms with Crippen LogP contribution < -0.4 is 4.74 Å². The summed E-state index contributed by atoms with van der Waals surface area (Å²) in [7, 11) is -1.96. The fourth-order valence-corrected chi connectivity index (χ4v) is 5.59. The van der Waals surface area contributed by atoms with E-state index in [9.17, 15) is 8.42 Å². The Morgan fingerprint density at radius 1 is 1.37 bits per heavy atom. The molecular weight excluding hydrogens is 330 g/mol. The molecule has 1 aromatic rings. The molecule has 6 heteroatoms. The minimum Gasteiger partial charge on any atom is -0.495 e. The molecule has 0 amide bonds. The molecule has 19 heavy (non-hydrogen) atoms. The summed E-state index contributed by atoms with van der Waals surface area (Å²) >= 11 is 3.33. The fourth-order valence-electron chi connectivity index (χ4n) is 3.15. The monoisotopic (exact) mass is 345 g/mol. The quantitative estimate of drug-likeness (QED) is 0.845. The number of benzene rings is 1. The predicted molar refractivity (Wildman–Crippen MR) is 75.7 cm³/mol. The van der Waals surface area contributed by atoms with Gasteiger partial charge in [-0.3, -0.25) is 0 Å². The Balaban J connectivity index is 2.03. The Labute approximate surface area is 121 Å². The highest BCUT2D eigenvalue weighted by molar-refractivity contribution is 9.10. The van der Waals surface area contributed by atoms with Crippen molar-refractivity contribution in [1.29, 1.82) is 0 Å². The van der Waals surface area contributed by atoms with Crippen LogP contribution in [0.5, 0.6) is 5.75 Å². The van der Waals surface area contributed by atoms with E-state index in [0.29, 0.717) is 18.2 Å². The highest BCUT2D eigenvalue weighted by Crippen LogP contribution is 2.42. The van der Waals surface area contributed by atoms with Crippen LogP contribution >= 0.6 is 15.9 Å². The van der Waals surface area contributed by atoms with Crippen molar-refractivity contribution in [2.45, 2.75) is 30.2 Å². The normalized spacial score (nSPS) is 26.8. The first-order valence-electron chi connectivity index (χ1n) is 6.38. The van der Waals surface area contributed by atoms with Crippen LogP contribution in [0.2, 0.25) is 0 Å². The van der Waals surface area contributed by atoms with Crippen LogP contribution in [0.3, 0.4) is 0 Å². The summed E-state index contributed by atoms with van der Waals surface area (Å²) in [4.78, 5) is 0.261. The number of fused-ring (bicyclic) bond motifs is 2. The highest BCUT2D eigenvalue weighted by Gasteiger charge is 2.45. The van der Waals surface area contributed by atoms with E-state index in [4.69, 9.17) is 4.74 Å². The minimum atomic E-state index is -3.46. The van der Waals surface area contributed by atoms with E-state index in [1.54, 1.807) is 22.5 Å². The van der Waals surface area contributed by atoms with Crippen LogP contribution in [0.15, 0.2) is 27.6 Å². The van der Waals surface area contributed by atoms with E-state index >= 15 is 0 Å². The van der Waals surface area contributed by atoms with E-state index in [2.05, 4.69) is 15.9 Å². The second-order valence-corrected chi connectivity index (χ2v) is 7.98. The Kier molecular flexibility index (Phi) is 3.35. The molecule has 0 radical (unpaired) electrons. The first-order valence-corrected chi connectivity index (χ1v) is 8.61. The Morgan fingerprint density at radius 3 is 2.74 bits per heavy atom. The van der Waals surface area contributed by atoms with Gasteiger partial charge in [0.2, 0.25) is 10.0 Å². The van der Waals surface area contributed by atoms with Crippen molar-refractivity contribution >= 4 is 26.0 Å². The second-order valence-electron chi connectivity index (χ2n) is 5.20. The zero-order valence-electron chi connectivity index (χ0n) is 10.7. The van der Waals surface area contributed by atoms with Crippen molar-refractivity contribution in [3.63, 3.8) is 0 Å². The number of rotatable bonds is 3. The molecule has 2 fully saturated rings. The van der Waals surface area contributed by atoms with Crippen molar-refractivity contribution in [3.8, 4) is 5.75 Å². The van der Waals surface area contributed by atoms with Gasteiger partial charge < -0.3 is 4.74 Å². The van der Waals surface area contributed by atoms with Gasteiger partial charge >= 0.3 is 0 Å². The standard InChI is InChI=1S/C13H16BrNO3S/c1-18-12-5-3-10(14)7-13(12)19(16,17)15-8-9-2-4-11(15)6-9/h3,5,7,9,11H,2,4,6,8H2,1H3. The molecule has 2 aliphatic rings. The molecule has 1 aliphatic heterocycles. The molecule has 1 heterocycles. The lowest BCUT2D eigenvalue weighted by molar-refractivity contribution is 0.330. The summed E-state index contributed by atoms with van der Waals surface area (Å²) < 4.78 is 33.2. The topological polar surface area (TPSA) is 46.6 Å². The number of methoxy groups -OCH3 is 1. The Morgan fingerprint density at radius 2 is 2.16 bits per heavy atom. The molecule has 3 rings (SSSR count).